The predicted octanol–water partition coefficient (Wildman–Crippen LogP) is 3.26. The van der Waals surface area contributed by atoms with Crippen molar-refractivity contribution in [1.82, 2.24) is 9.21 Å². The normalized spacial score (nSPS) is 16.8. The lowest BCUT2D eigenvalue weighted by atomic mass is 10.1. The number of piperazine rings is 1. The van der Waals surface area contributed by atoms with Crippen molar-refractivity contribution in [3.8, 4) is 0 Å². The van der Waals surface area contributed by atoms with Gasteiger partial charge in [0.2, 0.25) is 10.0 Å². The summed E-state index contributed by atoms with van der Waals surface area (Å²) in [5.74, 6) is -0.214. The molecule has 1 heterocycles. The fourth-order valence-electron chi connectivity index (χ4n) is 3.70. The maximum atomic E-state index is 13.8. The van der Waals surface area contributed by atoms with Crippen LogP contribution in [-0.2, 0) is 16.6 Å². The topological polar surface area (TPSA) is 40.6 Å². The number of hydrogen-bond donors (Lipinski definition) is 0. The van der Waals surface area contributed by atoms with Crippen molar-refractivity contribution >= 4 is 10.0 Å². The summed E-state index contributed by atoms with van der Waals surface area (Å²) >= 11 is 0. The van der Waals surface area contributed by atoms with Crippen molar-refractivity contribution in [2.75, 3.05) is 26.2 Å². The third kappa shape index (κ3) is 3.82. The van der Waals surface area contributed by atoms with Crippen molar-refractivity contribution in [3.63, 3.8) is 0 Å². The molecule has 2 aromatic rings. The average Bonchev–Trinajstić information content (AvgIpc) is 2.56. The van der Waals surface area contributed by atoms with E-state index < -0.39 is 10.0 Å². The molecule has 0 aliphatic carbocycles. The van der Waals surface area contributed by atoms with Crippen LogP contribution in [0.25, 0.3) is 0 Å². The first-order valence-electron chi connectivity index (χ1n) is 8.83. The van der Waals surface area contributed by atoms with Gasteiger partial charge in [-0.05, 0) is 38.0 Å². The Kier molecular flexibility index (Phi) is 5.46. The van der Waals surface area contributed by atoms with Gasteiger partial charge >= 0.3 is 0 Å². The molecule has 1 saturated heterocycles. The van der Waals surface area contributed by atoms with Crippen LogP contribution in [0.3, 0.4) is 0 Å². The summed E-state index contributed by atoms with van der Waals surface area (Å²) in [5, 5.41) is 0. The van der Waals surface area contributed by atoms with E-state index in [1.54, 1.807) is 16.4 Å². The molecule has 140 valence electrons. The third-order valence-electron chi connectivity index (χ3n) is 4.89. The molecule has 3 rings (SSSR count). The van der Waals surface area contributed by atoms with E-state index in [4.69, 9.17) is 0 Å². The molecular formula is C20H25FN2O2S. The molecule has 1 aliphatic heterocycles. The standard InChI is InChI=1S/C20H25FN2O2S/c1-15-12-16(2)20(17(3)13-15)26(24,25)23-10-8-22(9-11-23)14-18-6-4-5-7-19(18)21/h4-7,12-13H,8-11,14H2,1-3H3. The van der Waals surface area contributed by atoms with Gasteiger partial charge in [-0.15, -0.1) is 0 Å². The van der Waals surface area contributed by atoms with Gasteiger partial charge in [0, 0.05) is 38.3 Å². The van der Waals surface area contributed by atoms with E-state index in [9.17, 15) is 12.8 Å². The van der Waals surface area contributed by atoms with Crippen molar-refractivity contribution < 1.29 is 12.8 Å². The number of nitrogens with zero attached hydrogens (tertiary/aromatic N) is 2. The molecule has 0 radical (unpaired) electrons. The number of halogens is 1. The van der Waals surface area contributed by atoms with Gasteiger partial charge in [0.25, 0.3) is 0 Å². The molecule has 0 atom stereocenters. The summed E-state index contributed by atoms with van der Waals surface area (Å²) < 4.78 is 41.6. The van der Waals surface area contributed by atoms with E-state index in [2.05, 4.69) is 4.90 Å². The van der Waals surface area contributed by atoms with Gasteiger partial charge in [-0.25, -0.2) is 12.8 Å². The molecule has 0 N–H and O–H groups in total. The van der Waals surface area contributed by atoms with Crippen molar-refractivity contribution in [3.05, 3.63) is 64.5 Å². The lowest BCUT2D eigenvalue weighted by Crippen LogP contribution is -2.48. The van der Waals surface area contributed by atoms with Gasteiger partial charge in [0.1, 0.15) is 5.82 Å². The Morgan fingerprint density at radius 2 is 1.54 bits per heavy atom. The van der Waals surface area contributed by atoms with E-state index in [1.165, 1.54) is 6.07 Å². The molecule has 4 nitrogen and oxygen atoms in total. The van der Waals surface area contributed by atoms with Gasteiger partial charge in [-0.2, -0.15) is 4.31 Å². The zero-order chi connectivity index (χ0) is 18.9. The Balaban J connectivity index is 1.72. The molecule has 0 bridgehead atoms. The van der Waals surface area contributed by atoms with Gasteiger partial charge < -0.3 is 0 Å². The van der Waals surface area contributed by atoms with Gasteiger partial charge in [0.15, 0.2) is 0 Å². The second-order valence-corrected chi connectivity index (χ2v) is 8.87. The first kappa shape index (κ1) is 19.0. The van der Waals surface area contributed by atoms with Crippen molar-refractivity contribution in [2.45, 2.75) is 32.2 Å². The highest BCUT2D eigenvalue weighted by Crippen LogP contribution is 2.26. The van der Waals surface area contributed by atoms with Crippen molar-refractivity contribution in [1.29, 1.82) is 0 Å². The van der Waals surface area contributed by atoms with Crippen LogP contribution in [0.2, 0.25) is 0 Å². The smallest absolute Gasteiger partial charge is 0.243 e. The minimum atomic E-state index is -3.51. The number of sulfonamides is 1. The maximum Gasteiger partial charge on any atom is 0.243 e. The molecule has 0 amide bonds. The third-order valence-corrected chi connectivity index (χ3v) is 7.09. The molecule has 0 spiro atoms. The Morgan fingerprint density at radius 3 is 2.12 bits per heavy atom. The van der Waals surface area contributed by atoms with E-state index in [0.29, 0.717) is 43.2 Å². The van der Waals surface area contributed by atoms with E-state index in [-0.39, 0.29) is 5.82 Å². The van der Waals surface area contributed by atoms with Crippen LogP contribution in [0.4, 0.5) is 4.39 Å². The largest absolute Gasteiger partial charge is 0.296 e. The van der Waals surface area contributed by atoms with Crippen molar-refractivity contribution in [2.24, 2.45) is 0 Å². The number of benzene rings is 2. The molecule has 0 unspecified atom stereocenters. The highest BCUT2D eigenvalue weighted by atomic mass is 32.2. The first-order chi connectivity index (χ1) is 12.3. The predicted molar refractivity (Wildman–Crippen MR) is 101 cm³/mol. The van der Waals surface area contributed by atoms with Crippen LogP contribution in [0.15, 0.2) is 41.3 Å². The second kappa shape index (κ2) is 7.47. The SMILES string of the molecule is Cc1cc(C)c(S(=O)(=O)N2CCN(Cc3ccccc3F)CC2)c(C)c1. The fraction of sp³-hybridized carbons (Fsp3) is 0.400. The maximum absolute atomic E-state index is 13.8. The minimum absolute atomic E-state index is 0.214. The minimum Gasteiger partial charge on any atom is -0.296 e. The number of rotatable bonds is 4. The summed E-state index contributed by atoms with van der Waals surface area (Å²) in [4.78, 5) is 2.52. The summed E-state index contributed by atoms with van der Waals surface area (Å²) in [6.07, 6.45) is 0. The van der Waals surface area contributed by atoms with Crippen LogP contribution < -0.4 is 0 Å². The summed E-state index contributed by atoms with van der Waals surface area (Å²) in [6, 6.07) is 10.6. The number of aryl methyl sites for hydroxylation is 3. The van der Waals surface area contributed by atoms with Gasteiger partial charge in [0.05, 0.1) is 4.90 Å². The Morgan fingerprint density at radius 1 is 0.962 bits per heavy atom. The van der Waals surface area contributed by atoms with Gasteiger partial charge in [-0.3, -0.25) is 4.90 Å². The number of hydrogen-bond acceptors (Lipinski definition) is 3. The molecule has 2 aromatic carbocycles. The summed E-state index contributed by atoms with van der Waals surface area (Å²) in [7, 11) is -3.51. The van der Waals surface area contributed by atoms with Crippen LogP contribution >= 0.6 is 0 Å². The lowest BCUT2D eigenvalue weighted by Gasteiger charge is -2.34. The Bertz CT molecular complexity index is 881. The molecule has 0 saturated carbocycles. The summed E-state index contributed by atoms with van der Waals surface area (Å²) in [6.45, 7) is 8.20. The zero-order valence-electron chi connectivity index (χ0n) is 15.5. The van der Waals surface area contributed by atoms with Crippen LogP contribution in [0.5, 0.6) is 0 Å². The van der Waals surface area contributed by atoms with Crippen LogP contribution in [0.1, 0.15) is 22.3 Å². The highest BCUT2D eigenvalue weighted by Gasteiger charge is 2.31. The highest BCUT2D eigenvalue weighted by molar-refractivity contribution is 7.89. The molecule has 6 heteroatoms. The molecule has 0 aromatic heterocycles. The van der Waals surface area contributed by atoms with Gasteiger partial charge in [-0.1, -0.05) is 35.9 Å². The quantitative estimate of drug-likeness (QED) is 0.822. The van der Waals surface area contributed by atoms with E-state index in [0.717, 1.165) is 16.7 Å². The van der Waals surface area contributed by atoms with E-state index in [1.807, 2.05) is 39.0 Å². The lowest BCUT2D eigenvalue weighted by molar-refractivity contribution is 0.180. The molecule has 26 heavy (non-hydrogen) atoms. The molecule has 1 aliphatic rings. The molecular weight excluding hydrogens is 351 g/mol. The Labute approximate surface area is 155 Å². The van der Waals surface area contributed by atoms with E-state index >= 15 is 0 Å². The average molecular weight is 376 g/mol. The zero-order valence-corrected chi connectivity index (χ0v) is 16.3. The summed E-state index contributed by atoms with van der Waals surface area (Å²) in [5.41, 5.74) is 3.29. The van der Waals surface area contributed by atoms with Crippen LogP contribution in [0, 0.1) is 26.6 Å². The fourth-order valence-corrected chi connectivity index (χ4v) is 5.53. The first-order valence-corrected chi connectivity index (χ1v) is 10.3. The Hall–Kier alpha value is -1.76. The van der Waals surface area contributed by atoms with Crippen LogP contribution in [-0.4, -0.2) is 43.8 Å². The second-order valence-electron chi connectivity index (χ2n) is 7.00. The molecule has 1 fully saturated rings. The monoisotopic (exact) mass is 376 g/mol.